The van der Waals surface area contributed by atoms with Crippen LogP contribution in [0.25, 0.3) is 0 Å². The molecule has 1 heterocycles. The van der Waals surface area contributed by atoms with Gasteiger partial charge >= 0.3 is 0 Å². The molecule has 0 unspecified atom stereocenters. The van der Waals surface area contributed by atoms with Gasteiger partial charge in [-0.25, -0.2) is 0 Å². The van der Waals surface area contributed by atoms with Crippen molar-refractivity contribution in [3.05, 3.63) is 56.6 Å². The number of nitrogens with one attached hydrogen (secondary N) is 2. The quantitative estimate of drug-likeness (QED) is 0.460. The van der Waals surface area contributed by atoms with E-state index in [1.54, 1.807) is 6.07 Å². The first kappa shape index (κ1) is 21.3. The molecule has 0 saturated carbocycles. The zero-order chi connectivity index (χ0) is 20.1. The summed E-state index contributed by atoms with van der Waals surface area (Å²) in [5, 5.41) is 6.66. The third-order valence-corrected chi connectivity index (χ3v) is 6.16. The molecule has 0 aliphatic carbocycles. The molecule has 5 nitrogen and oxygen atoms in total. The van der Waals surface area contributed by atoms with E-state index >= 15 is 0 Å². The van der Waals surface area contributed by atoms with E-state index in [1.165, 1.54) is 0 Å². The van der Waals surface area contributed by atoms with Crippen LogP contribution in [0.3, 0.4) is 0 Å². The number of likely N-dealkylation sites (N-methyl/N-ethyl adjacent to an activating group) is 1. The summed E-state index contributed by atoms with van der Waals surface area (Å²) in [6, 6.07) is 13.1. The highest BCUT2D eigenvalue weighted by Crippen LogP contribution is 2.29. The maximum Gasteiger partial charge on any atom is 0.258 e. The Morgan fingerprint density at radius 1 is 1.18 bits per heavy atom. The fourth-order valence-corrected chi connectivity index (χ4v) is 4.27. The molecule has 2 aromatic rings. The summed E-state index contributed by atoms with van der Waals surface area (Å²) in [6.45, 7) is 7.27. The minimum Gasteiger partial charge on any atom is -0.368 e. The van der Waals surface area contributed by atoms with Crippen molar-refractivity contribution >= 4 is 68.8 Å². The number of hydrogen-bond acceptors (Lipinski definition) is 4. The molecule has 0 radical (unpaired) electrons. The molecule has 2 aromatic carbocycles. The van der Waals surface area contributed by atoms with E-state index in [0.717, 1.165) is 47.7 Å². The Hall–Kier alpha value is -1.42. The normalized spacial score (nSPS) is 14.6. The topological polar surface area (TPSA) is 47.6 Å². The highest BCUT2D eigenvalue weighted by Gasteiger charge is 2.18. The van der Waals surface area contributed by atoms with E-state index in [4.69, 9.17) is 23.8 Å². The molecule has 0 spiro atoms. The van der Waals surface area contributed by atoms with Crippen molar-refractivity contribution in [3.63, 3.8) is 0 Å². The van der Waals surface area contributed by atoms with Crippen LogP contribution >= 0.6 is 46.4 Å². The van der Waals surface area contributed by atoms with Gasteiger partial charge in [-0.15, -0.1) is 0 Å². The van der Waals surface area contributed by atoms with Crippen molar-refractivity contribution in [1.82, 2.24) is 10.2 Å². The van der Waals surface area contributed by atoms with Crippen molar-refractivity contribution < 1.29 is 4.79 Å². The van der Waals surface area contributed by atoms with Gasteiger partial charge in [-0.3, -0.25) is 10.1 Å². The molecule has 0 bridgehead atoms. The minimum absolute atomic E-state index is 0.237. The Labute approximate surface area is 189 Å². The van der Waals surface area contributed by atoms with Gasteiger partial charge in [0.1, 0.15) is 0 Å². The Balaban J connectivity index is 1.60. The summed E-state index contributed by atoms with van der Waals surface area (Å²) in [7, 11) is 0. The molecule has 0 aromatic heterocycles. The number of anilines is 2. The van der Waals surface area contributed by atoms with Crippen LogP contribution in [0, 0.1) is 3.57 Å². The standard InChI is InChI=1S/C20H22ClIN4OS/c1-2-25-9-11-26(12-10-25)18-8-7-14(13-16(18)21)23-20(28)24-19(27)15-5-3-4-6-17(15)22/h3-8,13H,2,9-12H2,1H3,(H2,23,24,27,28). The van der Waals surface area contributed by atoms with Gasteiger partial charge in [-0.2, -0.15) is 0 Å². The van der Waals surface area contributed by atoms with Gasteiger partial charge in [0.15, 0.2) is 5.11 Å². The highest BCUT2D eigenvalue weighted by molar-refractivity contribution is 14.1. The molecular formula is C20H22ClIN4OS. The highest BCUT2D eigenvalue weighted by atomic mass is 127. The molecule has 148 valence electrons. The number of thiocarbonyl (C=S) groups is 1. The second-order valence-electron chi connectivity index (χ2n) is 6.48. The van der Waals surface area contributed by atoms with Gasteiger partial charge in [0, 0.05) is 35.4 Å². The minimum atomic E-state index is -0.237. The molecule has 1 amide bonds. The zero-order valence-electron chi connectivity index (χ0n) is 15.5. The van der Waals surface area contributed by atoms with Gasteiger partial charge in [-0.05, 0) is 71.7 Å². The lowest BCUT2D eigenvalue weighted by molar-refractivity contribution is 0.0977. The van der Waals surface area contributed by atoms with E-state index in [0.29, 0.717) is 10.6 Å². The van der Waals surface area contributed by atoms with Crippen LogP contribution in [-0.4, -0.2) is 48.6 Å². The Bertz CT molecular complexity index is 871. The van der Waals surface area contributed by atoms with E-state index in [1.807, 2.05) is 36.4 Å². The SMILES string of the molecule is CCN1CCN(c2ccc(NC(=S)NC(=O)c3ccccc3I)cc2Cl)CC1. The average molecular weight is 529 g/mol. The second kappa shape index (κ2) is 9.87. The number of rotatable bonds is 4. The number of carbonyl (C=O) groups is 1. The maximum atomic E-state index is 12.4. The number of halogens is 2. The van der Waals surface area contributed by atoms with Gasteiger partial charge in [0.05, 0.1) is 16.3 Å². The van der Waals surface area contributed by atoms with Crippen LogP contribution in [0.5, 0.6) is 0 Å². The van der Waals surface area contributed by atoms with Crippen molar-refractivity contribution in [2.24, 2.45) is 0 Å². The predicted octanol–water partition coefficient (Wildman–Crippen LogP) is 4.21. The first-order valence-electron chi connectivity index (χ1n) is 9.11. The van der Waals surface area contributed by atoms with Crippen LogP contribution in [0.15, 0.2) is 42.5 Å². The van der Waals surface area contributed by atoms with E-state index < -0.39 is 0 Å². The Kier molecular flexibility index (Phi) is 7.50. The van der Waals surface area contributed by atoms with E-state index in [2.05, 4.69) is 49.9 Å². The average Bonchev–Trinajstić information content (AvgIpc) is 2.68. The second-order valence-corrected chi connectivity index (χ2v) is 8.45. The third kappa shape index (κ3) is 5.34. The molecule has 3 rings (SSSR count). The monoisotopic (exact) mass is 528 g/mol. The lowest BCUT2D eigenvalue weighted by Gasteiger charge is -2.36. The van der Waals surface area contributed by atoms with Crippen LogP contribution in [-0.2, 0) is 0 Å². The maximum absolute atomic E-state index is 12.4. The van der Waals surface area contributed by atoms with Crippen molar-refractivity contribution in [1.29, 1.82) is 0 Å². The summed E-state index contributed by atoms with van der Waals surface area (Å²) in [5.41, 5.74) is 2.36. The fraction of sp³-hybridized carbons (Fsp3) is 0.300. The third-order valence-electron chi connectivity index (χ3n) is 4.71. The zero-order valence-corrected chi connectivity index (χ0v) is 19.3. The molecule has 2 N–H and O–H groups in total. The molecule has 1 saturated heterocycles. The van der Waals surface area contributed by atoms with Gasteiger partial charge in [0.2, 0.25) is 0 Å². The molecule has 1 fully saturated rings. The summed E-state index contributed by atoms with van der Waals surface area (Å²) >= 11 is 13.9. The lowest BCUT2D eigenvalue weighted by Crippen LogP contribution is -2.46. The van der Waals surface area contributed by atoms with Gasteiger partial charge in [0.25, 0.3) is 5.91 Å². The predicted molar refractivity (Wildman–Crippen MR) is 129 cm³/mol. The number of nitrogens with zero attached hydrogens (tertiary/aromatic N) is 2. The molecule has 28 heavy (non-hydrogen) atoms. The van der Waals surface area contributed by atoms with Crippen molar-refractivity contribution in [2.45, 2.75) is 6.92 Å². The van der Waals surface area contributed by atoms with Crippen molar-refractivity contribution in [2.75, 3.05) is 42.9 Å². The summed E-state index contributed by atoms with van der Waals surface area (Å²) in [4.78, 5) is 17.1. The summed E-state index contributed by atoms with van der Waals surface area (Å²) < 4.78 is 0.871. The number of amides is 1. The van der Waals surface area contributed by atoms with Crippen LogP contribution < -0.4 is 15.5 Å². The molecule has 8 heteroatoms. The number of hydrogen-bond donors (Lipinski definition) is 2. The summed E-state index contributed by atoms with van der Waals surface area (Å²) in [6.07, 6.45) is 0. The molecular weight excluding hydrogens is 507 g/mol. The van der Waals surface area contributed by atoms with Crippen LogP contribution in [0.1, 0.15) is 17.3 Å². The Morgan fingerprint density at radius 3 is 2.54 bits per heavy atom. The molecule has 1 aliphatic rings. The van der Waals surface area contributed by atoms with E-state index in [9.17, 15) is 4.79 Å². The largest absolute Gasteiger partial charge is 0.368 e. The lowest BCUT2D eigenvalue weighted by atomic mass is 10.2. The fourth-order valence-electron chi connectivity index (χ4n) is 3.12. The number of piperazine rings is 1. The van der Waals surface area contributed by atoms with E-state index in [-0.39, 0.29) is 11.0 Å². The van der Waals surface area contributed by atoms with Gasteiger partial charge < -0.3 is 15.1 Å². The molecule has 1 aliphatic heterocycles. The number of carbonyl (C=O) groups excluding carboxylic acids is 1. The van der Waals surface area contributed by atoms with Crippen LogP contribution in [0.2, 0.25) is 5.02 Å². The number of benzene rings is 2. The summed E-state index contributed by atoms with van der Waals surface area (Å²) in [5.74, 6) is -0.237. The first-order valence-corrected chi connectivity index (χ1v) is 11.0. The molecule has 0 atom stereocenters. The van der Waals surface area contributed by atoms with Crippen LogP contribution in [0.4, 0.5) is 11.4 Å². The van der Waals surface area contributed by atoms with Crippen molar-refractivity contribution in [3.8, 4) is 0 Å². The smallest absolute Gasteiger partial charge is 0.258 e. The Morgan fingerprint density at radius 2 is 1.89 bits per heavy atom. The van der Waals surface area contributed by atoms with Gasteiger partial charge in [-0.1, -0.05) is 30.7 Å². The first-order chi connectivity index (χ1) is 13.5.